The Bertz CT molecular complexity index is 310. The van der Waals surface area contributed by atoms with Crippen molar-refractivity contribution in [2.45, 2.75) is 19.4 Å². The molecule has 0 aliphatic carbocycles. The highest BCUT2D eigenvalue weighted by molar-refractivity contribution is 7.09. The van der Waals surface area contributed by atoms with E-state index in [1.807, 2.05) is 5.38 Å². The van der Waals surface area contributed by atoms with Crippen LogP contribution in [0.25, 0.3) is 0 Å². The maximum atomic E-state index is 11.0. The van der Waals surface area contributed by atoms with Crippen molar-refractivity contribution in [2.24, 2.45) is 0 Å². The van der Waals surface area contributed by atoms with E-state index < -0.39 is 5.97 Å². The number of carboxylic acid groups (broad SMARTS) is 1. The van der Waals surface area contributed by atoms with Crippen LogP contribution in [0.2, 0.25) is 0 Å². The van der Waals surface area contributed by atoms with Gasteiger partial charge in [0.15, 0.2) is 0 Å². The van der Waals surface area contributed by atoms with Crippen LogP contribution in [0.1, 0.15) is 17.8 Å². The van der Waals surface area contributed by atoms with Crippen molar-refractivity contribution in [2.75, 3.05) is 0 Å². The number of rotatable bonds is 5. The number of aliphatic carboxylic acids is 1. The number of amides is 1. The van der Waals surface area contributed by atoms with E-state index in [4.69, 9.17) is 5.11 Å². The van der Waals surface area contributed by atoms with E-state index in [0.717, 1.165) is 5.01 Å². The lowest BCUT2D eigenvalue weighted by Crippen LogP contribution is -2.23. The van der Waals surface area contributed by atoms with Gasteiger partial charge in [0.2, 0.25) is 5.91 Å². The first kappa shape index (κ1) is 10.6. The molecule has 6 heteroatoms. The van der Waals surface area contributed by atoms with Crippen molar-refractivity contribution in [3.8, 4) is 0 Å². The summed E-state index contributed by atoms with van der Waals surface area (Å²) in [5.74, 6) is -1.23. The van der Waals surface area contributed by atoms with Crippen LogP contribution < -0.4 is 5.32 Å². The summed E-state index contributed by atoms with van der Waals surface area (Å²) >= 11 is 1.45. The molecular weight excluding hydrogens is 204 g/mol. The lowest BCUT2D eigenvalue weighted by atomic mass is 10.3. The predicted octanol–water partition coefficient (Wildman–Crippen LogP) is 0.624. The summed E-state index contributed by atoms with van der Waals surface area (Å²) in [4.78, 5) is 25.2. The first-order chi connectivity index (χ1) is 6.68. The molecule has 0 aliphatic rings. The summed E-state index contributed by atoms with van der Waals surface area (Å²) in [5.41, 5.74) is 0. The fourth-order valence-electron chi connectivity index (χ4n) is 0.823. The van der Waals surface area contributed by atoms with Crippen LogP contribution in [0, 0.1) is 0 Å². The molecule has 2 N–H and O–H groups in total. The molecule has 0 radical (unpaired) electrons. The Morgan fingerprint density at radius 1 is 1.50 bits per heavy atom. The van der Waals surface area contributed by atoms with E-state index in [0.29, 0.717) is 6.54 Å². The second-order valence-corrected chi connectivity index (χ2v) is 3.58. The van der Waals surface area contributed by atoms with E-state index in [2.05, 4.69) is 10.3 Å². The average Bonchev–Trinajstić information content (AvgIpc) is 2.63. The predicted molar refractivity (Wildman–Crippen MR) is 50.8 cm³/mol. The van der Waals surface area contributed by atoms with E-state index in [1.165, 1.54) is 11.3 Å². The molecule has 0 fully saturated rings. The van der Waals surface area contributed by atoms with Gasteiger partial charge in [0.1, 0.15) is 5.01 Å². The molecule has 0 atom stereocenters. The van der Waals surface area contributed by atoms with Gasteiger partial charge in [-0.2, -0.15) is 0 Å². The summed E-state index contributed by atoms with van der Waals surface area (Å²) in [5, 5.41) is 13.5. The Hall–Kier alpha value is -1.43. The highest BCUT2D eigenvalue weighted by Gasteiger charge is 2.05. The standard InChI is InChI=1S/C8H10N2O3S/c11-6(1-2-8(12)13)10-5-7-9-3-4-14-7/h3-4H,1-2,5H2,(H,10,11)(H,12,13). The van der Waals surface area contributed by atoms with Crippen LogP contribution >= 0.6 is 11.3 Å². The molecule has 1 aromatic heterocycles. The number of nitrogens with one attached hydrogen (secondary N) is 1. The largest absolute Gasteiger partial charge is 0.481 e. The van der Waals surface area contributed by atoms with E-state index in [1.54, 1.807) is 6.20 Å². The average molecular weight is 214 g/mol. The highest BCUT2D eigenvalue weighted by Crippen LogP contribution is 2.02. The van der Waals surface area contributed by atoms with Crippen LogP contribution in [0.3, 0.4) is 0 Å². The van der Waals surface area contributed by atoms with Crippen molar-refractivity contribution < 1.29 is 14.7 Å². The maximum Gasteiger partial charge on any atom is 0.303 e. The van der Waals surface area contributed by atoms with Crippen LogP contribution in [0.4, 0.5) is 0 Å². The summed E-state index contributed by atoms with van der Waals surface area (Å²) in [6.45, 7) is 0.371. The molecule has 0 saturated heterocycles. The molecule has 14 heavy (non-hydrogen) atoms. The van der Waals surface area contributed by atoms with Gasteiger partial charge in [-0.25, -0.2) is 4.98 Å². The number of carbonyl (C=O) groups is 2. The molecule has 0 aliphatic heterocycles. The Balaban J connectivity index is 2.18. The fourth-order valence-corrected chi connectivity index (χ4v) is 1.38. The SMILES string of the molecule is O=C(O)CCC(=O)NCc1nccs1. The third kappa shape index (κ3) is 3.99. The van der Waals surface area contributed by atoms with E-state index in [9.17, 15) is 9.59 Å². The van der Waals surface area contributed by atoms with Gasteiger partial charge >= 0.3 is 5.97 Å². The summed E-state index contributed by atoms with van der Waals surface area (Å²) < 4.78 is 0. The first-order valence-corrected chi connectivity index (χ1v) is 4.93. The molecule has 0 aromatic carbocycles. The number of carbonyl (C=O) groups excluding carboxylic acids is 1. The summed E-state index contributed by atoms with van der Waals surface area (Å²) in [7, 11) is 0. The molecule has 1 heterocycles. The van der Waals surface area contributed by atoms with Gasteiger partial charge in [-0.15, -0.1) is 11.3 Å². The molecule has 1 aromatic rings. The topological polar surface area (TPSA) is 79.3 Å². The van der Waals surface area contributed by atoms with Crippen molar-refractivity contribution in [1.29, 1.82) is 0 Å². The fraction of sp³-hybridized carbons (Fsp3) is 0.375. The normalized spacial score (nSPS) is 9.71. The highest BCUT2D eigenvalue weighted by atomic mass is 32.1. The second kappa shape index (κ2) is 5.33. The molecule has 0 spiro atoms. The second-order valence-electron chi connectivity index (χ2n) is 2.60. The summed E-state index contributed by atoms with van der Waals surface area (Å²) in [6, 6.07) is 0. The van der Waals surface area contributed by atoms with E-state index in [-0.39, 0.29) is 18.7 Å². The Morgan fingerprint density at radius 3 is 2.86 bits per heavy atom. The van der Waals surface area contributed by atoms with Crippen molar-refractivity contribution >= 4 is 23.2 Å². The van der Waals surface area contributed by atoms with Crippen LogP contribution in [0.5, 0.6) is 0 Å². The number of thiazole rings is 1. The van der Waals surface area contributed by atoms with Gasteiger partial charge in [0.05, 0.1) is 13.0 Å². The molecule has 76 valence electrons. The smallest absolute Gasteiger partial charge is 0.303 e. The number of aromatic nitrogens is 1. The van der Waals surface area contributed by atoms with Crippen LogP contribution in [0.15, 0.2) is 11.6 Å². The lowest BCUT2D eigenvalue weighted by molar-refractivity contribution is -0.138. The van der Waals surface area contributed by atoms with Crippen LogP contribution in [-0.2, 0) is 16.1 Å². The molecule has 0 unspecified atom stereocenters. The van der Waals surface area contributed by atoms with E-state index >= 15 is 0 Å². The molecular formula is C8H10N2O3S. The Kier molecular flexibility index (Phi) is 4.06. The maximum absolute atomic E-state index is 11.0. The molecule has 5 nitrogen and oxygen atoms in total. The first-order valence-electron chi connectivity index (χ1n) is 4.05. The van der Waals surface area contributed by atoms with Crippen molar-refractivity contribution in [3.63, 3.8) is 0 Å². The van der Waals surface area contributed by atoms with Crippen LogP contribution in [-0.4, -0.2) is 22.0 Å². The number of carboxylic acids is 1. The molecule has 1 amide bonds. The minimum atomic E-state index is -0.964. The molecule has 0 bridgehead atoms. The van der Waals surface area contributed by atoms with Gasteiger partial charge < -0.3 is 10.4 Å². The third-order valence-electron chi connectivity index (χ3n) is 1.49. The van der Waals surface area contributed by atoms with Gasteiger partial charge in [0.25, 0.3) is 0 Å². The zero-order valence-corrected chi connectivity index (χ0v) is 8.21. The Labute approximate surface area is 84.8 Å². The molecule has 1 rings (SSSR count). The minimum absolute atomic E-state index is 0.0146. The van der Waals surface area contributed by atoms with Gasteiger partial charge in [0, 0.05) is 18.0 Å². The van der Waals surface area contributed by atoms with Crippen molar-refractivity contribution in [1.82, 2.24) is 10.3 Å². The number of hydrogen-bond donors (Lipinski definition) is 2. The third-order valence-corrected chi connectivity index (χ3v) is 2.27. The summed E-state index contributed by atoms with van der Waals surface area (Å²) in [6.07, 6.45) is 1.54. The zero-order chi connectivity index (χ0) is 10.4. The van der Waals surface area contributed by atoms with Gasteiger partial charge in [-0.1, -0.05) is 0 Å². The Morgan fingerprint density at radius 2 is 2.29 bits per heavy atom. The molecule has 0 saturated carbocycles. The zero-order valence-electron chi connectivity index (χ0n) is 7.40. The van der Waals surface area contributed by atoms with Gasteiger partial charge in [-0.05, 0) is 0 Å². The lowest BCUT2D eigenvalue weighted by Gasteiger charge is -2.00. The minimum Gasteiger partial charge on any atom is -0.481 e. The number of hydrogen-bond acceptors (Lipinski definition) is 4. The van der Waals surface area contributed by atoms with Crippen molar-refractivity contribution in [3.05, 3.63) is 16.6 Å². The monoisotopic (exact) mass is 214 g/mol. The quantitative estimate of drug-likeness (QED) is 0.753. The van der Waals surface area contributed by atoms with Gasteiger partial charge in [-0.3, -0.25) is 9.59 Å². The number of nitrogens with zero attached hydrogens (tertiary/aromatic N) is 1.